The van der Waals surface area contributed by atoms with Crippen molar-refractivity contribution in [2.75, 3.05) is 36.9 Å². The van der Waals surface area contributed by atoms with E-state index in [0.29, 0.717) is 29.3 Å². The molecule has 3 aliphatic heterocycles. The van der Waals surface area contributed by atoms with E-state index >= 15 is 0 Å². The highest BCUT2D eigenvalue weighted by atomic mass is 16.5. The number of nitrogens with zero attached hydrogens (tertiary/aromatic N) is 2. The van der Waals surface area contributed by atoms with Crippen molar-refractivity contribution in [3.63, 3.8) is 0 Å². The molecule has 1 aromatic heterocycles. The molecule has 2 aromatic rings. The lowest BCUT2D eigenvalue weighted by atomic mass is 9.82. The first-order valence-electron chi connectivity index (χ1n) is 10.9. The molecular formula is C23H28N4O3. The van der Waals surface area contributed by atoms with Crippen LogP contribution in [0.25, 0.3) is 0 Å². The lowest BCUT2D eigenvalue weighted by Crippen LogP contribution is -2.51. The molecule has 0 aliphatic carbocycles. The maximum absolute atomic E-state index is 13.1. The highest BCUT2D eigenvalue weighted by Crippen LogP contribution is 2.37. The maximum Gasteiger partial charge on any atom is 0.323 e. The number of benzene rings is 1. The number of amides is 2. The van der Waals surface area contributed by atoms with E-state index in [0.717, 1.165) is 57.8 Å². The number of fused-ring (bicyclic) bond motifs is 4. The van der Waals surface area contributed by atoms with Gasteiger partial charge in [0.05, 0.1) is 0 Å². The topological polar surface area (TPSA) is 75.6 Å². The predicted molar refractivity (Wildman–Crippen MR) is 116 cm³/mol. The van der Waals surface area contributed by atoms with Gasteiger partial charge < -0.3 is 19.9 Å². The fraction of sp³-hybridized carbons (Fsp3) is 0.478. The molecule has 30 heavy (non-hydrogen) atoms. The molecule has 2 saturated heterocycles. The molecule has 2 atom stereocenters. The number of hydrogen-bond donors (Lipinski definition) is 2. The SMILES string of the molecule is O=C(Nc1ccccc1)Nc1ccc2n(c1=O)C[C@H]1C[C@@H]2CN(C2CCOCC2)C1. The Hall–Kier alpha value is -2.64. The number of hydrogen-bond acceptors (Lipinski definition) is 4. The van der Waals surface area contributed by atoms with Crippen LogP contribution < -0.4 is 16.2 Å². The average Bonchev–Trinajstić information content (AvgIpc) is 2.77. The summed E-state index contributed by atoms with van der Waals surface area (Å²) < 4.78 is 7.41. The first-order valence-corrected chi connectivity index (χ1v) is 10.9. The van der Waals surface area contributed by atoms with Crippen molar-refractivity contribution in [1.82, 2.24) is 9.47 Å². The number of aromatic nitrogens is 1. The Morgan fingerprint density at radius 2 is 1.77 bits per heavy atom. The molecule has 5 rings (SSSR count). The van der Waals surface area contributed by atoms with Gasteiger partial charge in [0.15, 0.2) is 0 Å². The van der Waals surface area contributed by atoms with E-state index in [1.165, 1.54) is 0 Å². The fourth-order valence-corrected chi connectivity index (χ4v) is 5.23. The zero-order valence-electron chi connectivity index (χ0n) is 17.0. The van der Waals surface area contributed by atoms with Crippen LogP contribution in [-0.2, 0) is 11.3 Å². The van der Waals surface area contributed by atoms with Crippen LogP contribution in [0.15, 0.2) is 47.3 Å². The molecule has 0 radical (unpaired) electrons. The lowest BCUT2D eigenvalue weighted by molar-refractivity contribution is 0.00589. The van der Waals surface area contributed by atoms with E-state index < -0.39 is 6.03 Å². The first-order chi connectivity index (χ1) is 14.7. The monoisotopic (exact) mass is 408 g/mol. The summed E-state index contributed by atoms with van der Waals surface area (Å²) in [6.07, 6.45) is 3.34. The van der Waals surface area contributed by atoms with Gasteiger partial charge in [-0.3, -0.25) is 9.69 Å². The third kappa shape index (κ3) is 3.87. The van der Waals surface area contributed by atoms with Gasteiger partial charge in [-0.2, -0.15) is 0 Å². The zero-order chi connectivity index (χ0) is 20.5. The van der Waals surface area contributed by atoms with E-state index in [1.54, 1.807) is 6.07 Å². The number of nitrogens with one attached hydrogen (secondary N) is 2. The minimum absolute atomic E-state index is 0.107. The Morgan fingerprint density at radius 1 is 0.967 bits per heavy atom. The van der Waals surface area contributed by atoms with Gasteiger partial charge in [-0.1, -0.05) is 18.2 Å². The Kier molecular flexibility index (Phi) is 5.31. The van der Waals surface area contributed by atoms with Crippen molar-refractivity contribution in [2.45, 2.75) is 37.8 Å². The van der Waals surface area contributed by atoms with Crippen molar-refractivity contribution in [2.24, 2.45) is 5.92 Å². The second kappa shape index (κ2) is 8.24. The molecule has 2 fully saturated rings. The third-order valence-electron chi connectivity index (χ3n) is 6.62. The summed E-state index contributed by atoms with van der Waals surface area (Å²) >= 11 is 0. The van der Waals surface area contributed by atoms with Gasteiger partial charge in [0.1, 0.15) is 5.69 Å². The smallest absolute Gasteiger partial charge is 0.323 e. The van der Waals surface area contributed by atoms with Crippen molar-refractivity contribution in [1.29, 1.82) is 0 Å². The molecule has 7 heteroatoms. The number of anilines is 2. The molecule has 0 unspecified atom stereocenters. The molecule has 0 spiro atoms. The van der Waals surface area contributed by atoms with Crippen LogP contribution in [-0.4, -0.2) is 47.8 Å². The Labute approximate surface area is 176 Å². The molecule has 2 amide bonds. The van der Waals surface area contributed by atoms with Crippen LogP contribution in [0.4, 0.5) is 16.2 Å². The number of para-hydroxylation sites is 1. The normalized spacial score (nSPS) is 24.1. The fourth-order valence-electron chi connectivity index (χ4n) is 5.23. The predicted octanol–water partition coefficient (Wildman–Crippen LogP) is 3.09. The van der Waals surface area contributed by atoms with Gasteiger partial charge in [0, 0.05) is 56.2 Å². The van der Waals surface area contributed by atoms with Gasteiger partial charge in [-0.15, -0.1) is 0 Å². The number of carbonyl (C=O) groups excluding carboxylic acids is 1. The molecule has 0 saturated carbocycles. The summed E-state index contributed by atoms with van der Waals surface area (Å²) in [5, 5.41) is 5.49. The van der Waals surface area contributed by atoms with Crippen molar-refractivity contribution < 1.29 is 9.53 Å². The van der Waals surface area contributed by atoms with Crippen LogP contribution in [0.1, 0.15) is 30.9 Å². The summed E-state index contributed by atoms with van der Waals surface area (Å²) in [6.45, 7) is 4.47. The highest BCUT2D eigenvalue weighted by Gasteiger charge is 2.37. The van der Waals surface area contributed by atoms with Crippen LogP contribution >= 0.6 is 0 Å². The number of likely N-dealkylation sites (tertiary alicyclic amines) is 1. The Balaban J connectivity index is 1.32. The van der Waals surface area contributed by atoms with Gasteiger partial charge in [-0.25, -0.2) is 4.79 Å². The summed E-state index contributed by atoms with van der Waals surface area (Å²) in [5.41, 5.74) is 2.01. The maximum atomic E-state index is 13.1. The minimum Gasteiger partial charge on any atom is -0.381 e. The third-order valence-corrected chi connectivity index (χ3v) is 6.62. The quantitative estimate of drug-likeness (QED) is 0.818. The molecule has 158 valence electrons. The number of urea groups is 1. The largest absolute Gasteiger partial charge is 0.381 e. The van der Waals surface area contributed by atoms with Crippen LogP contribution in [0, 0.1) is 5.92 Å². The highest BCUT2D eigenvalue weighted by molar-refractivity contribution is 5.99. The standard InChI is InChI=1S/C23H28N4O3/c28-22-20(25-23(29)24-18-4-2-1-3-5-18)6-7-21-17-12-16(14-27(21)22)13-26(15-17)19-8-10-30-11-9-19/h1-7,16-17,19H,8-15H2,(H2,24,25,29)/t16-,17+/m0/s1. The van der Waals surface area contributed by atoms with Gasteiger partial charge in [-0.05, 0) is 49.4 Å². The summed E-state index contributed by atoms with van der Waals surface area (Å²) in [4.78, 5) is 28.1. The van der Waals surface area contributed by atoms with E-state index in [2.05, 4.69) is 15.5 Å². The van der Waals surface area contributed by atoms with Crippen molar-refractivity contribution >= 4 is 17.4 Å². The summed E-state index contributed by atoms with van der Waals surface area (Å²) in [6, 6.07) is 13.2. The Bertz CT molecular complexity index is 968. The number of carbonyl (C=O) groups is 1. The van der Waals surface area contributed by atoms with E-state index in [-0.39, 0.29) is 5.56 Å². The second-order valence-corrected chi connectivity index (χ2v) is 8.63. The van der Waals surface area contributed by atoms with Gasteiger partial charge in [0.2, 0.25) is 0 Å². The molecule has 1 aromatic carbocycles. The molecule has 2 bridgehead atoms. The molecular weight excluding hydrogens is 380 g/mol. The summed E-state index contributed by atoms with van der Waals surface area (Å²) in [7, 11) is 0. The van der Waals surface area contributed by atoms with E-state index in [9.17, 15) is 9.59 Å². The lowest BCUT2D eigenvalue weighted by Gasteiger charge is -2.46. The minimum atomic E-state index is -0.402. The zero-order valence-corrected chi connectivity index (χ0v) is 17.0. The average molecular weight is 409 g/mol. The Morgan fingerprint density at radius 3 is 2.57 bits per heavy atom. The number of piperidine rings is 1. The van der Waals surface area contributed by atoms with Gasteiger partial charge in [0.25, 0.3) is 5.56 Å². The number of ether oxygens (including phenoxy) is 1. The van der Waals surface area contributed by atoms with Crippen LogP contribution in [0.2, 0.25) is 0 Å². The summed E-state index contributed by atoms with van der Waals surface area (Å²) in [5.74, 6) is 0.852. The van der Waals surface area contributed by atoms with E-state index in [4.69, 9.17) is 4.74 Å². The van der Waals surface area contributed by atoms with Crippen LogP contribution in [0.3, 0.4) is 0 Å². The van der Waals surface area contributed by atoms with E-state index in [1.807, 2.05) is 41.0 Å². The molecule has 3 aliphatic rings. The number of rotatable bonds is 3. The molecule has 4 heterocycles. The molecule has 2 N–H and O–H groups in total. The number of pyridine rings is 1. The van der Waals surface area contributed by atoms with Crippen LogP contribution in [0.5, 0.6) is 0 Å². The van der Waals surface area contributed by atoms with Crippen molar-refractivity contribution in [3.05, 3.63) is 58.5 Å². The second-order valence-electron chi connectivity index (χ2n) is 8.63. The molecule has 7 nitrogen and oxygen atoms in total. The van der Waals surface area contributed by atoms with Gasteiger partial charge >= 0.3 is 6.03 Å². The van der Waals surface area contributed by atoms with Crippen molar-refractivity contribution in [3.8, 4) is 0 Å². The first kappa shape index (κ1) is 19.3.